The Morgan fingerprint density at radius 3 is 2.08 bits per heavy atom. The third kappa shape index (κ3) is 11.7. The lowest BCUT2D eigenvalue weighted by Gasteiger charge is -2.25. The zero-order valence-electron chi connectivity index (χ0n) is 20.4. The second-order valence-corrected chi connectivity index (χ2v) is 8.01. The summed E-state index contributed by atoms with van der Waals surface area (Å²) < 4.78 is 71.6. The quantitative estimate of drug-likeness (QED) is 0.531. The van der Waals surface area contributed by atoms with Crippen molar-refractivity contribution in [2.75, 3.05) is 27.2 Å². The highest BCUT2D eigenvalue weighted by molar-refractivity contribution is 5.78. The lowest BCUT2D eigenvalue weighted by atomic mass is 10.3. The van der Waals surface area contributed by atoms with E-state index in [1.54, 1.807) is 12.1 Å². The first kappa shape index (κ1) is 32.7. The third-order valence-corrected chi connectivity index (χ3v) is 4.54. The van der Waals surface area contributed by atoms with Crippen LogP contribution in [0.15, 0.2) is 36.7 Å². The summed E-state index contributed by atoms with van der Waals surface area (Å²) in [5, 5.41) is 23.1. The number of likely N-dealkylation sites (N-methyl/N-ethyl adjacent to an activating group) is 1. The van der Waals surface area contributed by atoms with Gasteiger partial charge in [0.1, 0.15) is 12.2 Å². The summed E-state index contributed by atoms with van der Waals surface area (Å²) in [6.45, 7) is 2.08. The maximum absolute atomic E-state index is 12.5. The molecule has 39 heavy (non-hydrogen) atoms. The maximum atomic E-state index is 12.5. The number of hydrogen-bond donors (Lipinski definition) is 2. The number of rotatable bonds is 4. The van der Waals surface area contributed by atoms with E-state index in [-0.39, 0.29) is 12.0 Å². The number of carboxylic acids is 2. The van der Waals surface area contributed by atoms with Gasteiger partial charge in [-0.25, -0.2) is 14.6 Å². The van der Waals surface area contributed by atoms with Crippen molar-refractivity contribution in [1.29, 1.82) is 5.26 Å². The SMILES string of the molecule is CN(C)CC(=O)N1Cc2cccn2CC(Oc2ccc(C#N)cn2)C1.O=C(O)C(F)(F)F.O=C(O)C(F)(F)F. The number of amides is 1. The van der Waals surface area contributed by atoms with E-state index >= 15 is 0 Å². The van der Waals surface area contributed by atoms with Gasteiger partial charge in [0, 0.05) is 24.2 Å². The number of nitriles is 1. The van der Waals surface area contributed by atoms with Crippen LogP contribution < -0.4 is 4.74 Å². The number of nitrogens with zero attached hydrogens (tertiary/aromatic N) is 5. The highest BCUT2D eigenvalue weighted by atomic mass is 19.4. The minimum Gasteiger partial charge on any atom is -0.475 e. The number of aliphatic carboxylic acids is 2. The molecule has 0 radical (unpaired) electrons. The van der Waals surface area contributed by atoms with E-state index in [4.69, 9.17) is 29.8 Å². The fourth-order valence-corrected chi connectivity index (χ4v) is 2.88. The monoisotopic (exact) mass is 567 g/mol. The molecule has 0 spiro atoms. The lowest BCUT2D eigenvalue weighted by Crippen LogP contribution is -2.42. The first-order valence-electron chi connectivity index (χ1n) is 10.6. The summed E-state index contributed by atoms with van der Waals surface area (Å²) >= 11 is 0. The molecule has 1 aliphatic rings. The molecule has 3 heterocycles. The van der Waals surface area contributed by atoms with Crippen molar-refractivity contribution >= 4 is 17.8 Å². The summed E-state index contributed by atoms with van der Waals surface area (Å²) in [6, 6.07) is 9.40. The van der Waals surface area contributed by atoms with Gasteiger partial charge in [0.15, 0.2) is 0 Å². The average molecular weight is 567 g/mol. The van der Waals surface area contributed by atoms with Crippen molar-refractivity contribution in [3.8, 4) is 11.9 Å². The van der Waals surface area contributed by atoms with Gasteiger partial charge >= 0.3 is 24.3 Å². The van der Waals surface area contributed by atoms with E-state index in [0.29, 0.717) is 37.6 Å². The van der Waals surface area contributed by atoms with Crippen LogP contribution in [-0.2, 0) is 27.5 Å². The van der Waals surface area contributed by atoms with Crippen LogP contribution in [0.5, 0.6) is 5.88 Å². The number of fused-ring (bicyclic) bond motifs is 1. The van der Waals surface area contributed by atoms with Crippen LogP contribution in [0.3, 0.4) is 0 Å². The number of aromatic nitrogens is 2. The second kappa shape index (κ2) is 14.0. The number of carboxylic acid groups (broad SMARTS) is 2. The van der Waals surface area contributed by atoms with Crippen LogP contribution in [0.2, 0.25) is 0 Å². The van der Waals surface area contributed by atoms with Gasteiger partial charge in [-0.2, -0.15) is 31.6 Å². The number of carbonyl (C=O) groups excluding carboxylic acids is 1. The van der Waals surface area contributed by atoms with Crippen molar-refractivity contribution < 1.29 is 55.7 Å². The van der Waals surface area contributed by atoms with Crippen molar-refractivity contribution in [3.05, 3.63) is 47.9 Å². The summed E-state index contributed by atoms with van der Waals surface area (Å²) in [6.07, 6.45) is -6.89. The Balaban J connectivity index is 0.000000449. The summed E-state index contributed by atoms with van der Waals surface area (Å²) in [5.41, 5.74) is 1.58. The lowest BCUT2D eigenvalue weighted by molar-refractivity contribution is -0.193. The molecular weight excluding hydrogens is 544 g/mol. The minimum absolute atomic E-state index is 0.0704. The van der Waals surface area contributed by atoms with E-state index in [0.717, 1.165) is 5.69 Å². The molecular formula is C22H23F6N5O6. The molecule has 11 nitrogen and oxygen atoms in total. The van der Waals surface area contributed by atoms with Crippen LogP contribution in [0.25, 0.3) is 0 Å². The van der Waals surface area contributed by atoms with Gasteiger partial charge in [0.05, 0.1) is 31.7 Å². The highest BCUT2D eigenvalue weighted by Crippen LogP contribution is 2.18. The Hall–Kier alpha value is -4.33. The zero-order valence-corrected chi connectivity index (χ0v) is 20.4. The predicted octanol–water partition coefficient (Wildman–Crippen LogP) is 2.37. The van der Waals surface area contributed by atoms with E-state index in [9.17, 15) is 31.1 Å². The smallest absolute Gasteiger partial charge is 0.475 e. The van der Waals surface area contributed by atoms with Gasteiger partial charge in [0.2, 0.25) is 11.8 Å². The van der Waals surface area contributed by atoms with Crippen LogP contribution in [0, 0.1) is 11.3 Å². The van der Waals surface area contributed by atoms with Gasteiger partial charge in [-0.3, -0.25) is 4.79 Å². The first-order chi connectivity index (χ1) is 17.9. The summed E-state index contributed by atoms with van der Waals surface area (Å²) in [7, 11) is 3.76. The van der Waals surface area contributed by atoms with E-state index in [1.165, 1.54) is 6.20 Å². The Morgan fingerprint density at radius 1 is 1.08 bits per heavy atom. The molecule has 0 aliphatic carbocycles. The first-order valence-corrected chi connectivity index (χ1v) is 10.6. The molecule has 17 heteroatoms. The summed E-state index contributed by atoms with van der Waals surface area (Å²) in [4.78, 5) is 38.2. The molecule has 2 N–H and O–H groups in total. The van der Waals surface area contributed by atoms with Gasteiger partial charge in [-0.1, -0.05) is 0 Å². The Kier molecular flexibility index (Phi) is 11.7. The Bertz CT molecular complexity index is 1130. The molecule has 1 unspecified atom stereocenters. The number of halogens is 6. The predicted molar refractivity (Wildman–Crippen MR) is 119 cm³/mol. The number of ether oxygens (including phenoxy) is 1. The standard InChI is InChI=1S/C18H21N5O2.2C2HF3O2/c1-21(2)13-18(24)23-10-15-4-3-7-22(15)11-16(12-23)25-17-6-5-14(8-19)9-20-17;2*3-2(4,5)1(6)7/h3-7,9,16H,10-13H2,1-2H3;2*(H,6,7). The van der Waals surface area contributed by atoms with E-state index < -0.39 is 24.3 Å². The number of pyridine rings is 1. The molecule has 214 valence electrons. The molecule has 2 aromatic rings. The van der Waals surface area contributed by atoms with Gasteiger partial charge in [-0.15, -0.1) is 0 Å². The van der Waals surface area contributed by atoms with Gasteiger partial charge in [-0.05, 0) is 32.3 Å². The fraction of sp³-hybridized carbons (Fsp3) is 0.409. The van der Waals surface area contributed by atoms with E-state index in [2.05, 4.69) is 9.55 Å². The molecule has 0 bridgehead atoms. The number of carbonyl (C=O) groups is 3. The van der Waals surface area contributed by atoms with Gasteiger partial charge < -0.3 is 29.3 Å². The molecule has 0 aromatic carbocycles. The molecule has 1 aliphatic heterocycles. The van der Waals surface area contributed by atoms with Crippen molar-refractivity contribution in [3.63, 3.8) is 0 Å². The molecule has 1 amide bonds. The Morgan fingerprint density at radius 2 is 1.64 bits per heavy atom. The third-order valence-electron chi connectivity index (χ3n) is 4.54. The van der Waals surface area contributed by atoms with Crippen molar-refractivity contribution in [2.45, 2.75) is 31.5 Å². The molecule has 1 atom stereocenters. The fourth-order valence-electron chi connectivity index (χ4n) is 2.88. The topological polar surface area (TPSA) is 149 Å². The summed E-state index contributed by atoms with van der Waals surface area (Å²) in [5.74, 6) is -4.99. The number of alkyl halides is 6. The van der Waals surface area contributed by atoms with Gasteiger partial charge in [0.25, 0.3) is 0 Å². The maximum Gasteiger partial charge on any atom is 0.490 e. The van der Waals surface area contributed by atoms with Crippen molar-refractivity contribution in [1.82, 2.24) is 19.4 Å². The van der Waals surface area contributed by atoms with Crippen LogP contribution in [0.1, 0.15) is 11.3 Å². The molecule has 0 saturated heterocycles. The van der Waals surface area contributed by atoms with Crippen molar-refractivity contribution in [2.24, 2.45) is 0 Å². The Labute approximate surface area is 217 Å². The minimum atomic E-state index is -5.08. The largest absolute Gasteiger partial charge is 0.490 e. The highest BCUT2D eigenvalue weighted by Gasteiger charge is 2.38. The molecule has 0 fully saturated rings. The molecule has 2 aromatic heterocycles. The van der Waals surface area contributed by atoms with E-state index in [1.807, 2.05) is 48.3 Å². The van der Waals surface area contributed by atoms with Crippen LogP contribution in [0.4, 0.5) is 26.3 Å². The zero-order chi connectivity index (χ0) is 30.0. The van der Waals surface area contributed by atoms with Crippen LogP contribution in [-0.4, -0.2) is 93.1 Å². The number of hydrogen-bond acceptors (Lipinski definition) is 7. The normalized spacial score (nSPS) is 14.9. The average Bonchev–Trinajstić information content (AvgIpc) is 3.17. The van der Waals surface area contributed by atoms with Crippen LogP contribution >= 0.6 is 0 Å². The molecule has 0 saturated carbocycles. The second-order valence-electron chi connectivity index (χ2n) is 8.01. The molecule has 3 rings (SSSR count).